The zero-order chi connectivity index (χ0) is 90.2. The molecule has 2 saturated heterocycles. The van der Waals surface area contributed by atoms with Gasteiger partial charge in [-0.05, 0) is 155 Å². The molecule has 7 heterocycles. The maximum absolute atomic E-state index is 14.7. The van der Waals surface area contributed by atoms with Crippen LogP contribution in [0.15, 0.2) is 94.7 Å². The summed E-state index contributed by atoms with van der Waals surface area (Å²) >= 11 is 5.58. The lowest BCUT2D eigenvalue weighted by Crippen LogP contribution is -2.61. The molecule has 1 aliphatic carbocycles. The molecular formula is C91H131N11O23S. The number of benzene rings is 2. The highest BCUT2D eigenvalue weighted by Gasteiger charge is 2.53. The second kappa shape index (κ2) is 50.5. The fourth-order valence-electron chi connectivity index (χ4n) is 16.7. The molecule has 35 heteroatoms. The summed E-state index contributed by atoms with van der Waals surface area (Å²) in [6.45, 7) is 18.4. The Morgan fingerprint density at radius 2 is 1.40 bits per heavy atom. The van der Waals surface area contributed by atoms with E-state index in [2.05, 4.69) is 38.5 Å². The molecule has 34 nitrogen and oxygen atoms in total. The number of aliphatic hydroxyl groups excluding tert-OH is 2. The first-order chi connectivity index (χ1) is 60.7. The van der Waals surface area contributed by atoms with Gasteiger partial charge in [-0.25, -0.2) is 19.4 Å². The first-order valence-electron chi connectivity index (χ1n) is 44.2. The van der Waals surface area contributed by atoms with Crippen molar-refractivity contribution in [1.29, 1.82) is 0 Å². The van der Waals surface area contributed by atoms with Gasteiger partial charge in [0.2, 0.25) is 11.7 Å². The minimum Gasteiger partial charge on any atom is -0.465 e. The van der Waals surface area contributed by atoms with Crippen molar-refractivity contribution in [3.05, 3.63) is 107 Å². The van der Waals surface area contributed by atoms with Crippen LogP contribution in [0.4, 0.5) is 11.8 Å². The molecule has 10 N–H and O–H groups in total. The van der Waals surface area contributed by atoms with Crippen LogP contribution in [0.5, 0.6) is 0 Å². The Morgan fingerprint density at radius 3 is 2.07 bits per heavy atom. The number of nitrogens with zero attached hydrogens (tertiary/aromatic N) is 7. The van der Waals surface area contributed by atoms with Gasteiger partial charge in [-0.1, -0.05) is 82.4 Å². The van der Waals surface area contributed by atoms with E-state index in [0.29, 0.717) is 217 Å². The van der Waals surface area contributed by atoms with Crippen molar-refractivity contribution >= 4 is 86.5 Å². The minimum atomic E-state index is -2.50. The van der Waals surface area contributed by atoms with Gasteiger partial charge in [-0.3, -0.25) is 24.0 Å². The van der Waals surface area contributed by atoms with Gasteiger partial charge in [0.1, 0.15) is 59.6 Å². The summed E-state index contributed by atoms with van der Waals surface area (Å²) in [6, 6.07) is 9.73. The van der Waals surface area contributed by atoms with Gasteiger partial charge in [-0.2, -0.15) is 10.1 Å². The number of carbonyl (C=O) groups is 6. The summed E-state index contributed by atoms with van der Waals surface area (Å²) in [6.07, 6.45) is 10.8. The minimum absolute atomic E-state index is 0.0123. The summed E-state index contributed by atoms with van der Waals surface area (Å²) in [5.41, 5.74) is 26.8. The lowest BCUT2D eigenvalue weighted by atomic mass is 9.80. The molecule has 0 radical (unpaired) electrons. The number of ketones is 3. The number of Topliss-reactive ketones (excluding diaryl/α,β-unsaturated/α-hetero) is 3. The number of oxazole rings is 1. The molecule has 15 atom stereocenters. The molecule has 3 fully saturated rings. The number of allylic oxidation sites excluding steroid dienone is 6. The van der Waals surface area contributed by atoms with Crippen LogP contribution >= 0.6 is 12.2 Å². The monoisotopic (exact) mass is 1780 g/mol. The summed E-state index contributed by atoms with van der Waals surface area (Å²) in [5.74, 6) is -8.73. The Kier molecular flexibility index (Phi) is 39.9. The maximum atomic E-state index is 14.7. The average Bonchev–Trinajstić information content (AvgIpc) is 1.46. The van der Waals surface area contributed by atoms with E-state index in [4.69, 9.17) is 101 Å². The number of aromatic nitrogens is 5. The highest BCUT2D eigenvalue weighted by Crippen LogP contribution is 2.39. The number of nitrogens with one attached hydrogen (secondary N) is 1. The number of fused-ring (bicyclic) bond motifs is 6. The second-order valence-corrected chi connectivity index (χ2v) is 33.8. The fourth-order valence-corrected chi connectivity index (χ4v) is 16.9. The first kappa shape index (κ1) is 99.7. The van der Waals surface area contributed by atoms with Crippen molar-refractivity contribution in [2.75, 3.05) is 151 Å². The zero-order valence-electron chi connectivity index (χ0n) is 74.1. The summed E-state index contributed by atoms with van der Waals surface area (Å²) < 4.78 is 83.0. The van der Waals surface area contributed by atoms with E-state index in [1.54, 1.807) is 41.1 Å². The Hall–Kier alpha value is -8.47. The lowest BCUT2D eigenvalue weighted by molar-refractivity contribution is -0.265. The molecule has 1 saturated carbocycles. The Morgan fingerprint density at radius 1 is 0.722 bits per heavy atom. The molecule has 694 valence electrons. The Balaban J connectivity index is 0.548. The molecule has 2 bridgehead atoms. The number of hydrogen-bond donors (Lipinski definition) is 7. The van der Waals surface area contributed by atoms with Crippen molar-refractivity contribution in [2.45, 2.75) is 205 Å². The zero-order valence-corrected chi connectivity index (χ0v) is 74.9. The average molecular weight is 1780 g/mol. The molecule has 5 aliphatic rings. The molecule has 10 rings (SSSR count). The first-order valence-corrected chi connectivity index (χ1v) is 44.6. The van der Waals surface area contributed by atoms with Crippen LogP contribution in [0, 0.1) is 29.6 Å². The van der Waals surface area contributed by atoms with Gasteiger partial charge in [0.15, 0.2) is 17.0 Å². The van der Waals surface area contributed by atoms with Gasteiger partial charge in [0.05, 0.1) is 142 Å². The van der Waals surface area contributed by atoms with Crippen LogP contribution in [-0.2, 0) is 110 Å². The van der Waals surface area contributed by atoms with Crippen molar-refractivity contribution in [2.24, 2.45) is 35.3 Å². The van der Waals surface area contributed by atoms with Crippen LogP contribution < -0.4 is 22.5 Å². The number of aliphatic hydroxyl groups is 3. The summed E-state index contributed by atoms with van der Waals surface area (Å²) in [5, 5.41) is 43.5. The molecule has 2 amide bonds. The Labute approximate surface area is 742 Å². The number of cyclic esters (lactones) is 1. The molecule has 5 aromatic rings. The number of methoxy groups -OCH3 is 2. The fraction of sp³-hybridized carbons (Fsp3) is 0.637. The third-order valence-corrected chi connectivity index (χ3v) is 24.2. The van der Waals surface area contributed by atoms with Gasteiger partial charge >= 0.3 is 5.97 Å². The third-order valence-electron chi connectivity index (χ3n) is 24.0. The van der Waals surface area contributed by atoms with Gasteiger partial charge in [-0.15, -0.1) is 0 Å². The van der Waals surface area contributed by atoms with E-state index in [0.717, 1.165) is 33.6 Å². The maximum Gasteiger partial charge on any atom is 0.329 e. The largest absolute Gasteiger partial charge is 0.465 e. The Bertz CT molecular complexity index is 4500. The highest BCUT2D eigenvalue weighted by molar-refractivity contribution is 7.80. The van der Waals surface area contributed by atoms with Crippen LogP contribution in [0.1, 0.15) is 142 Å². The summed E-state index contributed by atoms with van der Waals surface area (Å²) in [7, 11) is 3.13. The number of nitrogen functional groups attached to an aromatic ring is 2. The lowest BCUT2D eigenvalue weighted by Gasteiger charge is -2.42. The molecule has 0 unspecified atom stereocenters. The van der Waals surface area contributed by atoms with E-state index in [1.807, 2.05) is 65.9 Å². The van der Waals surface area contributed by atoms with E-state index in [-0.39, 0.29) is 73.2 Å². The number of carbonyl (C=O) groups excluding carboxylic acids is 6. The number of nitrogens with two attached hydrogens (primary N) is 3. The number of thiocarbonyl (C=S) groups is 1. The van der Waals surface area contributed by atoms with Crippen molar-refractivity contribution in [3.63, 3.8) is 0 Å². The van der Waals surface area contributed by atoms with E-state index < -0.39 is 108 Å². The molecule has 2 aromatic carbocycles. The molecular weight excluding hydrogens is 1650 g/mol. The van der Waals surface area contributed by atoms with Crippen molar-refractivity contribution in [3.8, 4) is 11.3 Å². The van der Waals surface area contributed by atoms with Gasteiger partial charge < -0.3 is 114 Å². The molecule has 126 heavy (non-hydrogen) atoms. The van der Waals surface area contributed by atoms with Crippen molar-refractivity contribution in [1.82, 2.24) is 39.8 Å². The number of amides is 2. The number of piperidine rings is 1. The molecule has 4 aliphatic heterocycles. The second-order valence-electron chi connectivity index (χ2n) is 33.4. The normalized spacial score (nSPS) is 27.1. The molecule has 3 aromatic heterocycles. The topological polar surface area (TPSA) is 449 Å². The van der Waals surface area contributed by atoms with E-state index in [9.17, 15) is 44.1 Å². The predicted molar refractivity (Wildman–Crippen MR) is 472 cm³/mol. The smallest absolute Gasteiger partial charge is 0.329 e. The number of esters is 1. The molecule has 0 spiro atoms. The van der Waals surface area contributed by atoms with Gasteiger partial charge in [0, 0.05) is 82.6 Å². The van der Waals surface area contributed by atoms with Crippen molar-refractivity contribution < 1.29 is 110 Å². The SMILES string of the molecule is CO[C@H]1C[C@@H]2CC[C@@H](C)[C@@](O)(O2)C(=O)C(=O)N2CCCC[C@H]2C(=O)O[C@H]([C@H](N)C[C@@H]2CC[C@@H](OC(=S)NCCOCCOCCOCCOCCOCCOCCOCCOCCC(=O)N3CCc4cc(Cn5nc(-c6ccc7oc(N)nc7c6)c6c(N)ncnc65)ccc4C3)[C@H](OC)C2)CC(=O)[C@H](C)/C=C(\C)[C@@H](O)[C@@H](O)C(=O)[C@H](C)C[C@H](C)/C=C/C=C/C=C/1C. The summed E-state index contributed by atoms with van der Waals surface area (Å²) in [4.78, 5) is 101. The van der Waals surface area contributed by atoms with Gasteiger partial charge in [0.25, 0.3) is 22.9 Å². The van der Waals surface area contributed by atoms with Crippen LogP contribution in [-0.4, -0.2) is 290 Å². The van der Waals surface area contributed by atoms with Crippen LogP contribution in [0.2, 0.25) is 0 Å². The number of ether oxygens (including phenoxy) is 13. The van der Waals surface area contributed by atoms with E-state index in [1.165, 1.54) is 24.9 Å². The standard InChI is InChI=1S/C91H131N11O23S/c1-57-14-10-9-11-15-58(2)75(112-7)52-68-22-17-62(6)91(111,125-68)84(108)87(109)101-28-13-12-16-71(101)88(110)122-76(53-72(103)59(3)47-61(5)82(106)83(107)81(105)60(4)46-57)69(92)49-63-19-23-74(77(50-63)113-8)124-90(126)95-27-31-115-33-35-117-37-39-119-41-43-121-45-44-120-42-40-118-38-36-116-34-32-114-30-26-78(104)100-29-25-65-48-64(18-20-67(65)55-100)54-102-86-79(85(93)96-56-97-86)80(99-102)66-21-24-73-70(51-66)98-89(94)123-73/h9-11,14-15,18,20-21,24,47-48,51,56-57,59-60,62-63,68-69,71,74-77,82-83,106-107,111H,12-13,16-17,19,22-23,25-46,49-50,52-55,92H2,1-8H3,(H2,94,98)(H,95,126)(H2,93,96,97)/b11-9+,14-10+,58-15+,61-47+/t57-,59-,60-,62-,63+,68+,69-,71+,74-,75+,76+,77-,82-,83+,91-/m1/s1. The third kappa shape index (κ3) is 29.0. The number of anilines is 2. The quantitative estimate of drug-likeness (QED) is 0.00675. The predicted octanol–water partition coefficient (Wildman–Crippen LogP) is 7.38. The van der Waals surface area contributed by atoms with E-state index >= 15 is 0 Å². The number of hydrogen-bond acceptors (Lipinski definition) is 31. The van der Waals surface area contributed by atoms with Crippen LogP contribution in [0.3, 0.4) is 0 Å². The highest BCUT2D eigenvalue weighted by atomic mass is 32.1. The van der Waals surface area contributed by atoms with Crippen LogP contribution in [0.25, 0.3) is 33.4 Å². The number of rotatable bonds is 36.